The van der Waals surface area contributed by atoms with Crippen LogP contribution >= 0.6 is 0 Å². The molecule has 1 aliphatic rings. The van der Waals surface area contributed by atoms with E-state index in [4.69, 9.17) is 0 Å². The summed E-state index contributed by atoms with van der Waals surface area (Å²) in [6.07, 6.45) is 2.12. The molecular formula is C12H20N4O2. The summed E-state index contributed by atoms with van der Waals surface area (Å²) in [5.74, 6) is 0.437. The van der Waals surface area contributed by atoms with Crippen molar-refractivity contribution >= 4 is 11.7 Å². The van der Waals surface area contributed by atoms with Crippen LogP contribution in [0, 0.1) is 0 Å². The lowest BCUT2D eigenvalue weighted by atomic mass is 10.2. The third-order valence-electron chi connectivity index (χ3n) is 3.06. The zero-order chi connectivity index (χ0) is 13.1. The smallest absolute Gasteiger partial charge is 0.269 e. The predicted molar refractivity (Wildman–Crippen MR) is 68.5 cm³/mol. The topological polar surface area (TPSA) is 90.0 Å². The fourth-order valence-electron chi connectivity index (χ4n) is 2.16. The standard InChI is InChI=1S/C12H20N4O2/c1-7(2)13-11-6-9(15-16-11)12(18)14-8-4-3-5-10(8)17/h6-8,10,17H,3-5H2,1-2H3,(H,14,18)(H2,13,15,16)/t8-,10-/m1/s1. The second kappa shape index (κ2) is 5.39. The molecule has 1 aliphatic carbocycles. The SMILES string of the molecule is CC(C)Nc1cc(C(=O)N[C@@H]2CCC[C@H]2O)[nH]n1. The Morgan fingerprint density at radius 1 is 1.56 bits per heavy atom. The summed E-state index contributed by atoms with van der Waals surface area (Å²) in [6.45, 7) is 4.01. The minimum absolute atomic E-state index is 0.137. The fraction of sp³-hybridized carbons (Fsp3) is 0.667. The van der Waals surface area contributed by atoms with Gasteiger partial charge in [-0.3, -0.25) is 9.89 Å². The normalized spacial score (nSPS) is 23.3. The second-order valence-electron chi connectivity index (χ2n) is 5.04. The van der Waals surface area contributed by atoms with Gasteiger partial charge in [-0.15, -0.1) is 0 Å². The van der Waals surface area contributed by atoms with E-state index in [1.54, 1.807) is 6.07 Å². The Balaban J connectivity index is 1.94. The van der Waals surface area contributed by atoms with Gasteiger partial charge in [0, 0.05) is 12.1 Å². The highest BCUT2D eigenvalue weighted by Gasteiger charge is 2.27. The summed E-state index contributed by atoms with van der Waals surface area (Å²) in [5, 5.41) is 22.3. The molecule has 0 aromatic carbocycles. The van der Waals surface area contributed by atoms with E-state index in [1.807, 2.05) is 13.8 Å². The van der Waals surface area contributed by atoms with Crippen LogP contribution in [-0.4, -0.2) is 39.4 Å². The highest BCUT2D eigenvalue weighted by atomic mass is 16.3. The maximum absolute atomic E-state index is 11.9. The van der Waals surface area contributed by atoms with Crippen LogP contribution in [0.15, 0.2) is 6.07 Å². The van der Waals surface area contributed by atoms with Crippen molar-refractivity contribution in [2.45, 2.75) is 51.3 Å². The Labute approximate surface area is 106 Å². The maximum atomic E-state index is 11.9. The van der Waals surface area contributed by atoms with Crippen LogP contribution in [0.25, 0.3) is 0 Å². The first-order chi connectivity index (χ1) is 8.56. The Morgan fingerprint density at radius 2 is 2.33 bits per heavy atom. The van der Waals surface area contributed by atoms with Crippen molar-refractivity contribution in [3.05, 3.63) is 11.8 Å². The zero-order valence-electron chi connectivity index (χ0n) is 10.7. The lowest BCUT2D eigenvalue weighted by Crippen LogP contribution is -2.40. The molecule has 4 N–H and O–H groups in total. The number of aromatic amines is 1. The van der Waals surface area contributed by atoms with E-state index < -0.39 is 6.10 Å². The van der Waals surface area contributed by atoms with E-state index >= 15 is 0 Å². The van der Waals surface area contributed by atoms with Gasteiger partial charge in [0.05, 0.1) is 12.1 Å². The third kappa shape index (κ3) is 3.01. The van der Waals surface area contributed by atoms with Crippen LogP contribution in [-0.2, 0) is 0 Å². The van der Waals surface area contributed by atoms with Crippen molar-refractivity contribution in [1.82, 2.24) is 15.5 Å². The van der Waals surface area contributed by atoms with E-state index in [2.05, 4.69) is 20.8 Å². The highest BCUT2D eigenvalue weighted by molar-refractivity contribution is 5.93. The van der Waals surface area contributed by atoms with Crippen LogP contribution in [0.2, 0.25) is 0 Å². The third-order valence-corrected chi connectivity index (χ3v) is 3.06. The van der Waals surface area contributed by atoms with Crippen molar-refractivity contribution < 1.29 is 9.90 Å². The number of hydrogen-bond acceptors (Lipinski definition) is 4. The van der Waals surface area contributed by atoms with Crippen molar-refractivity contribution in [1.29, 1.82) is 0 Å². The first kappa shape index (κ1) is 12.9. The zero-order valence-corrected chi connectivity index (χ0v) is 10.7. The van der Waals surface area contributed by atoms with E-state index in [-0.39, 0.29) is 18.0 Å². The maximum Gasteiger partial charge on any atom is 0.269 e. The quantitative estimate of drug-likeness (QED) is 0.640. The van der Waals surface area contributed by atoms with Gasteiger partial charge >= 0.3 is 0 Å². The van der Waals surface area contributed by atoms with Gasteiger partial charge < -0.3 is 15.7 Å². The van der Waals surface area contributed by atoms with Crippen LogP contribution in [0.5, 0.6) is 0 Å². The van der Waals surface area contributed by atoms with Gasteiger partial charge in [-0.05, 0) is 33.1 Å². The van der Waals surface area contributed by atoms with Gasteiger partial charge in [-0.1, -0.05) is 0 Å². The molecule has 1 aromatic heterocycles. The molecule has 1 fully saturated rings. The van der Waals surface area contributed by atoms with E-state index in [1.165, 1.54) is 0 Å². The summed E-state index contributed by atoms with van der Waals surface area (Å²) >= 11 is 0. The number of hydrogen-bond donors (Lipinski definition) is 4. The molecule has 6 nitrogen and oxygen atoms in total. The number of aliphatic hydroxyl groups excluding tert-OH is 1. The number of nitrogens with zero attached hydrogens (tertiary/aromatic N) is 1. The van der Waals surface area contributed by atoms with Gasteiger partial charge in [0.15, 0.2) is 0 Å². The molecule has 2 rings (SSSR count). The van der Waals surface area contributed by atoms with Gasteiger partial charge in [-0.2, -0.15) is 5.10 Å². The summed E-state index contributed by atoms with van der Waals surface area (Å²) in [7, 11) is 0. The molecule has 18 heavy (non-hydrogen) atoms. The minimum Gasteiger partial charge on any atom is -0.391 e. The average molecular weight is 252 g/mol. The minimum atomic E-state index is -0.426. The molecule has 1 aromatic rings. The average Bonchev–Trinajstić information content (AvgIpc) is 2.88. The Bertz CT molecular complexity index is 416. The molecule has 1 amide bonds. The lowest BCUT2D eigenvalue weighted by molar-refractivity contribution is 0.0868. The molecule has 0 radical (unpaired) electrons. The van der Waals surface area contributed by atoms with Crippen LogP contribution in [0.1, 0.15) is 43.6 Å². The van der Waals surface area contributed by atoms with E-state index in [9.17, 15) is 9.90 Å². The van der Waals surface area contributed by atoms with Crippen molar-refractivity contribution in [2.75, 3.05) is 5.32 Å². The molecule has 100 valence electrons. The highest BCUT2D eigenvalue weighted by Crippen LogP contribution is 2.19. The number of amides is 1. The molecule has 0 aliphatic heterocycles. The van der Waals surface area contributed by atoms with Crippen LogP contribution in [0.4, 0.5) is 5.82 Å². The molecule has 1 heterocycles. The number of aromatic nitrogens is 2. The predicted octanol–water partition coefficient (Wildman–Crippen LogP) is 0.873. The Kier molecular flexibility index (Phi) is 3.86. The van der Waals surface area contributed by atoms with Gasteiger partial charge in [-0.25, -0.2) is 0 Å². The molecule has 0 spiro atoms. The first-order valence-electron chi connectivity index (χ1n) is 6.37. The number of carbonyl (C=O) groups excluding carboxylic acids is 1. The van der Waals surface area contributed by atoms with Crippen molar-refractivity contribution in [3.63, 3.8) is 0 Å². The summed E-state index contributed by atoms with van der Waals surface area (Å²) in [5.41, 5.74) is 0.414. The summed E-state index contributed by atoms with van der Waals surface area (Å²) in [6, 6.07) is 1.81. The lowest BCUT2D eigenvalue weighted by Gasteiger charge is -2.15. The van der Waals surface area contributed by atoms with E-state index in [0.717, 1.165) is 19.3 Å². The number of nitrogens with one attached hydrogen (secondary N) is 3. The number of anilines is 1. The number of carbonyl (C=O) groups is 1. The summed E-state index contributed by atoms with van der Waals surface area (Å²) in [4.78, 5) is 11.9. The summed E-state index contributed by atoms with van der Waals surface area (Å²) < 4.78 is 0. The Morgan fingerprint density at radius 3 is 2.94 bits per heavy atom. The molecule has 0 saturated heterocycles. The molecule has 0 bridgehead atoms. The number of aliphatic hydroxyl groups is 1. The largest absolute Gasteiger partial charge is 0.391 e. The number of H-pyrrole nitrogens is 1. The molecule has 2 atom stereocenters. The van der Waals surface area contributed by atoms with Crippen molar-refractivity contribution in [2.24, 2.45) is 0 Å². The molecular weight excluding hydrogens is 232 g/mol. The van der Waals surface area contributed by atoms with Crippen LogP contribution < -0.4 is 10.6 Å². The Hall–Kier alpha value is -1.56. The van der Waals surface area contributed by atoms with Gasteiger partial charge in [0.25, 0.3) is 5.91 Å². The monoisotopic (exact) mass is 252 g/mol. The molecule has 6 heteroatoms. The van der Waals surface area contributed by atoms with Gasteiger partial charge in [0.2, 0.25) is 0 Å². The van der Waals surface area contributed by atoms with Crippen LogP contribution in [0.3, 0.4) is 0 Å². The van der Waals surface area contributed by atoms with Gasteiger partial charge in [0.1, 0.15) is 11.5 Å². The van der Waals surface area contributed by atoms with Crippen molar-refractivity contribution in [3.8, 4) is 0 Å². The fourth-order valence-corrected chi connectivity index (χ4v) is 2.16. The second-order valence-corrected chi connectivity index (χ2v) is 5.04. The number of rotatable bonds is 4. The molecule has 1 saturated carbocycles. The molecule has 0 unspecified atom stereocenters. The first-order valence-corrected chi connectivity index (χ1v) is 6.37. The van der Waals surface area contributed by atoms with E-state index in [0.29, 0.717) is 11.5 Å².